The topological polar surface area (TPSA) is 40.9 Å². The lowest BCUT2D eigenvalue weighted by Crippen LogP contribution is -1.91. The first-order valence-corrected chi connectivity index (χ1v) is 5.73. The van der Waals surface area contributed by atoms with Gasteiger partial charge in [0.15, 0.2) is 0 Å². The van der Waals surface area contributed by atoms with Crippen molar-refractivity contribution >= 4 is 17.1 Å². The summed E-state index contributed by atoms with van der Waals surface area (Å²) in [5.74, 6) is 0.0557. The number of nitrogens with zero attached hydrogens (tertiary/aromatic N) is 1. The Labute approximate surface area is 96.8 Å². The normalized spacial score (nSPS) is 12.1. The molecule has 3 rings (SSSR count). The third kappa shape index (κ3) is 0.971. The van der Waals surface area contributed by atoms with Crippen molar-refractivity contribution in [2.24, 2.45) is 0 Å². The fourth-order valence-electron chi connectivity index (χ4n) is 2.12. The molecule has 0 radical (unpaired) electrons. The van der Waals surface area contributed by atoms with Crippen LogP contribution in [0.2, 0.25) is 0 Å². The van der Waals surface area contributed by atoms with Crippen LogP contribution in [0.25, 0.3) is 11.1 Å². The van der Waals surface area contributed by atoms with Gasteiger partial charge in [0.05, 0.1) is 10.4 Å². The number of nitriles is 1. The highest BCUT2D eigenvalue weighted by Gasteiger charge is 2.31. The molecule has 0 N–H and O–H groups in total. The van der Waals surface area contributed by atoms with Crippen LogP contribution in [-0.4, -0.2) is 5.78 Å². The minimum Gasteiger partial charge on any atom is -0.288 e. The molecular weight excluding hydrogens is 218 g/mol. The average molecular weight is 225 g/mol. The second kappa shape index (κ2) is 3.03. The number of hydrogen-bond acceptors (Lipinski definition) is 3. The predicted molar refractivity (Wildman–Crippen MR) is 62.6 cm³/mol. The zero-order valence-electron chi connectivity index (χ0n) is 8.57. The van der Waals surface area contributed by atoms with Gasteiger partial charge in [-0.3, -0.25) is 4.79 Å². The van der Waals surface area contributed by atoms with Gasteiger partial charge in [-0.1, -0.05) is 24.3 Å². The van der Waals surface area contributed by atoms with Crippen LogP contribution in [0.5, 0.6) is 0 Å². The van der Waals surface area contributed by atoms with Crippen LogP contribution in [0.4, 0.5) is 0 Å². The Morgan fingerprint density at radius 2 is 1.94 bits per heavy atom. The number of benzene rings is 1. The second-order valence-electron chi connectivity index (χ2n) is 3.72. The number of carbonyl (C=O) groups is 1. The molecule has 16 heavy (non-hydrogen) atoms. The van der Waals surface area contributed by atoms with Crippen molar-refractivity contribution in [1.29, 1.82) is 5.26 Å². The first kappa shape index (κ1) is 9.32. The van der Waals surface area contributed by atoms with Crippen molar-refractivity contribution in [2.75, 3.05) is 0 Å². The van der Waals surface area contributed by atoms with E-state index in [1.807, 2.05) is 31.2 Å². The first-order valence-electron chi connectivity index (χ1n) is 4.91. The van der Waals surface area contributed by atoms with Crippen LogP contribution in [0.1, 0.15) is 25.7 Å². The lowest BCUT2D eigenvalue weighted by atomic mass is 10.0. The van der Waals surface area contributed by atoms with Crippen molar-refractivity contribution < 1.29 is 4.79 Å². The van der Waals surface area contributed by atoms with E-state index >= 15 is 0 Å². The van der Waals surface area contributed by atoms with Crippen molar-refractivity contribution in [3.05, 3.63) is 45.1 Å². The molecule has 0 unspecified atom stereocenters. The van der Waals surface area contributed by atoms with E-state index in [0.717, 1.165) is 26.4 Å². The maximum Gasteiger partial charge on any atom is 0.204 e. The van der Waals surface area contributed by atoms with Crippen molar-refractivity contribution in [1.82, 2.24) is 0 Å². The van der Waals surface area contributed by atoms with Gasteiger partial charge < -0.3 is 0 Å². The molecule has 0 bridgehead atoms. The molecule has 2 nitrogen and oxygen atoms in total. The van der Waals surface area contributed by atoms with E-state index < -0.39 is 0 Å². The number of fused-ring (bicyclic) bond motifs is 3. The third-order valence-electron chi connectivity index (χ3n) is 2.84. The summed E-state index contributed by atoms with van der Waals surface area (Å²) in [5.41, 5.74) is 3.12. The summed E-state index contributed by atoms with van der Waals surface area (Å²) in [6.45, 7) is 1.89. The zero-order chi connectivity index (χ0) is 11.3. The highest BCUT2D eigenvalue weighted by Crippen LogP contribution is 2.44. The number of ketones is 1. The van der Waals surface area contributed by atoms with Gasteiger partial charge in [0.25, 0.3) is 0 Å². The molecule has 1 aromatic heterocycles. The van der Waals surface area contributed by atoms with Crippen LogP contribution in [0.15, 0.2) is 24.3 Å². The van der Waals surface area contributed by atoms with E-state index in [-0.39, 0.29) is 5.78 Å². The Kier molecular flexibility index (Phi) is 1.77. The maximum atomic E-state index is 12.1. The first-order chi connectivity index (χ1) is 7.74. The molecule has 0 spiro atoms. The largest absolute Gasteiger partial charge is 0.288 e. The van der Waals surface area contributed by atoms with Gasteiger partial charge >= 0.3 is 0 Å². The van der Waals surface area contributed by atoms with Gasteiger partial charge in [-0.2, -0.15) is 5.26 Å². The number of hydrogen-bond donors (Lipinski definition) is 0. The summed E-state index contributed by atoms with van der Waals surface area (Å²) < 4.78 is 0. The van der Waals surface area contributed by atoms with Crippen LogP contribution in [-0.2, 0) is 0 Å². The highest BCUT2D eigenvalue weighted by atomic mass is 32.1. The quantitative estimate of drug-likeness (QED) is 0.589. The molecule has 0 saturated carbocycles. The predicted octanol–water partition coefficient (Wildman–Crippen LogP) is 3.14. The number of thiophene rings is 1. The van der Waals surface area contributed by atoms with Gasteiger partial charge in [0.1, 0.15) is 6.07 Å². The Hall–Kier alpha value is -1.92. The molecule has 2 aromatic rings. The monoisotopic (exact) mass is 225 g/mol. The summed E-state index contributed by atoms with van der Waals surface area (Å²) in [7, 11) is 0. The van der Waals surface area contributed by atoms with Crippen LogP contribution in [0, 0.1) is 18.3 Å². The van der Waals surface area contributed by atoms with E-state index in [2.05, 4.69) is 6.07 Å². The van der Waals surface area contributed by atoms with Crippen molar-refractivity contribution in [3.63, 3.8) is 0 Å². The van der Waals surface area contributed by atoms with Crippen LogP contribution in [0.3, 0.4) is 0 Å². The van der Waals surface area contributed by atoms with Gasteiger partial charge in [0, 0.05) is 16.0 Å². The number of carbonyl (C=O) groups excluding carboxylic acids is 1. The zero-order valence-corrected chi connectivity index (χ0v) is 9.39. The minimum absolute atomic E-state index is 0.0557. The van der Waals surface area contributed by atoms with Crippen molar-refractivity contribution in [2.45, 2.75) is 6.92 Å². The number of rotatable bonds is 0. The summed E-state index contributed by atoms with van der Waals surface area (Å²) in [6.07, 6.45) is 0. The van der Waals surface area contributed by atoms with Gasteiger partial charge in [-0.25, -0.2) is 0 Å². The molecule has 0 aliphatic heterocycles. The van der Waals surface area contributed by atoms with E-state index in [4.69, 9.17) is 5.26 Å². The molecule has 0 saturated heterocycles. The SMILES string of the molecule is Cc1sc2c(c1C#N)-c1ccccc1C2=O. The van der Waals surface area contributed by atoms with E-state index in [0.29, 0.717) is 5.56 Å². The summed E-state index contributed by atoms with van der Waals surface area (Å²) in [5, 5.41) is 9.13. The molecule has 1 aliphatic rings. The van der Waals surface area contributed by atoms with E-state index in [1.54, 1.807) is 0 Å². The fourth-order valence-corrected chi connectivity index (χ4v) is 3.19. The Balaban J connectivity index is 2.45. The molecular formula is C13H7NOS. The van der Waals surface area contributed by atoms with Gasteiger partial charge in [-0.05, 0) is 12.5 Å². The molecule has 1 aromatic carbocycles. The van der Waals surface area contributed by atoms with Crippen LogP contribution < -0.4 is 0 Å². The fraction of sp³-hybridized carbons (Fsp3) is 0.0769. The molecule has 0 amide bonds. The van der Waals surface area contributed by atoms with Gasteiger partial charge in [-0.15, -0.1) is 11.3 Å². The average Bonchev–Trinajstić information content (AvgIpc) is 2.76. The molecule has 0 atom stereocenters. The maximum absolute atomic E-state index is 12.1. The second-order valence-corrected chi connectivity index (χ2v) is 4.95. The standard InChI is InChI=1S/C13H7NOS/c1-7-10(6-14)11-8-4-2-3-5-9(8)12(15)13(11)16-7/h2-5H,1H3. The Morgan fingerprint density at radius 3 is 2.62 bits per heavy atom. The minimum atomic E-state index is 0.0557. The summed E-state index contributed by atoms with van der Waals surface area (Å²) in [4.78, 5) is 13.7. The highest BCUT2D eigenvalue weighted by molar-refractivity contribution is 7.15. The summed E-state index contributed by atoms with van der Waals surface area (Å²) >= 11 is 1.42. The smallest absolute Gasteiger partial charge is 0.204 e. The van der Waals surface area contributed by atoms with Crippen LogP contribution >= 0.6 is 11.3 Å². The Bertz CT molecular complexity index is 661. The molecule has 76 valence electrons. The lowest BCUT2D eigenvalue weighted by Gasteiger charge is -1.98. The molecule has 1 heterocycles. The number of aryl methyl sites for hydroxylation is 1. The molecule has 1 aliphatic carbocycles. The summed E-state index contributed by atoms with van der Waals surface area (Å²) in [6, 6.07) is 9.68. The molecule has 3 heteroatoms. The van der Waals surface area contributed by atoms with E-state index in [1.165, 1.54) is 11.3 Å². The lowest BCUT2D eigenvalue weighted by molar-refractivity contribution is 0.104. The molecule has 0 fully saturated rings. The van der Waals surface area contributed by atoms with Gasteiger partial charge in [0.2, 0.25) is 5.78 Å². The van der Waals surface area contributed by atoms with E-state index in [9.17, 15) is 4.79 Å². The Morgan fingerprint density at radius 1 is 1.25 bits per heavy atom. The third-order valence-corrected chi connectivity index (χ3v) is 3.95. The van der Waals surface area contributed by atoms with Crippen molar-refractivity contribution in [3.8, 4) is 17.2 Å².